The van der Waals surface area contributed by atoms with Gasteiger partial charge in [-0.25, -0.2) is 0 Å². The van der Waals surface area contributed by atoms with Gasteiger partial charge < -0.3 is 4.74 Å². The van der Waals surface area contributed by atoms with Gasteiger partial charge in [-0.15, -0.1) is 0 Å². The summed E-state index contributed by atoms with van der Waals surface area (Å²) in [7, 11) is 1.66. The van der Waals surface area contributed by atoms with Gasteiger partial charge in [0.15, 0.2) is 5.78 Å². The zero-order valence-corrected chi connectivity index (χ0v) is 12.4. The van der Waals surface area contributed by atoms with Gasteiger partial charge in [-0.2, -0.15) is 0 Å². The van der Waals surface area contributed by atoms with Crippen molar-refractivity contribution in [2.75, 3.05) is 7.11 Å². The quantitative estimate of drug-likeness (QED) is 0.856. The van der Waals surface area contributed by atoms with Crippen molar-refractivity contribution in [3.63, 3.8) is 0 Å². The van der Waals surface area contributed by atoms with Crippen LogP contribution in [-0.4, -0.2) is 17.9 Å². The van der Waals surface area contributed by atoms with Gasteiger partial charge in [0.1, 0.15) is 5.75 Å². The summed E-state index contributed by atoms with van der Waals surface area (Å²) >= 11 is 0. The normalized spacial score (nSPS) is 17.4. The molecule has 1 unspecified atom stereocenters. The third-order valence-electron chi connectivity index (χ3n) is 4.19. The van der Waals surface area contributed by atoms with Crippen molar-refractivity contribution >= 4 is 5.78 Å². The van der Waals surface area contributed by atoms with E-state index in [1.54, 1.807) is 7.11 Å². The average Bonchev–Trinajstić information content (AvgIpc) is 2.54. The van der Waals surface area contributed by atoms with Crippen molar-refractivity contribution in [2.24, 2.45) is 5.92 Å². The molecule has 0 N–H and O–H groups in total. The number of ether oxygens (including phenoxy) is 1. The van der Waals surface area contributed by atoms with Crippen LogP contribution in [0.4, 0.5) is 0 Å². The molecule has 1 heterocycles. The molecule has 1 atom stereocenters. The predicted molar refractivity (Wildman–Crippen MR) is 82.7 cm³/mol. The first-order chi connectivity index (χ1) is 10.2. The predicted octanol–water partition coefficient (Wildman–Crippen LogP) is 3.91. The topological polar surface area (TPSA) is 39.2 Å². The van der Waals surface area contributed by atoms with Crippen molar-refractivity contribution in [1.29, 1.82) is 0 Å². The molecule has 2 aromatic rings. The summed E-state index contributed by atoms with van der Waals surface area (Å²) in [6, 6.07) is 11.7. The first-order valence-electron chi connectivity index (χ1n) is 7.38. The number of methoxy groups -OCH3 is 1. The van der Waals surface area contributed by atoms with Gasteiger partial charge >= 0.3 is 0 Å². The van der Waals surface area contributed by atoms with Crippen LogP contribution in [0.25, 0.3) is 11.3 Å². The molecule has 0 saturated carbocycles. The lowest BCUT2D eigenvalue weighted by atomic mass is 9.84. The van der Waals surface area contributed by atoms with Crippen molar-refractivity contribution in [1.82, 2.24) is 4.98 Å². The van der Waals surface area contributed by atoms with Gasteiger partial charge in [-0.3, -0.25) is 9.78 Å². The number of nitrogens with zero attached hydrogens (tertiary/aromatic N) is 1. The highest BCUT2D eigenvalue weighted by atomic mass is 16.5. The van der Waals surface area contributed by atoms with E-state index in [0.29, 0.717) is 12.3 Å². The smallest absolute Gasteiger partial charge is 0.164 e. The zero-order valence-electron chi connectivity index (χ0n) is 12.4. The number of hydrogen-bond acceptors (Lipinski definition) is 3. The Labute approximate surface area is 125 Å². The summed E-state index contributed by atoms with van der Waals surface area (Å²) in [5, 5.41) is 0. The zero-order chi connectivity index (χ0) is 14.8. The Morgan fingerprint density at radius 3 is 2.57 bits per heavy atom. The van der Waals surface area contributed by atoms with E-state index in [1.165, 1.54) is 0 Å². The molecular formula is C18H19NO2. The molecule has 0 fully saturated rings. The van der Waals surface area contributed by atoms with Crippen molar-refractivity contribution in [3.8, 4) is 17.0 Å². The van der Waals surface area contributed by atoms with E-state index in [2.05, 4.69) is 6.92 Å². The number of benzene rings is 1. The van der Waals surface area contributed by atoms with Crippen LogP contribution in [0.2, 0.25) is 0 Å². The van der Waals surface area contributed by atoms with Crippen LogP contribution in [-0.2, 0) is 6.42 Å². The number of carbonyl (C=O) groups is 1. The number of ketones is 1. The fourth-order valence-electron chi connectivity index (χ4n) is 2.84. The molecule has 3 rings (SSSR count). The summed E-state index contributed by atoms with van der Waals surface area (Å²) < 4.78 is 5.17. The third-order valence-corrected chi connectivity index (χ3v) is 4.19. The maximum atomic E-state index is 12.1. The van der Waals surface area contributed by atoms with E-state index in [4.69, 9.17) is 9.72 Å². The Morgan fingerprint density at radius 2 is 1.90 bits per heavy atom. The van der Waals surface area contributed by atoms with Crippen LogP contribution in [0.1, 0.15) is 35.8 Å². The first kappa shape index (κ1) is 13.8. The van der Waals surface area contributed by atoms with Gasteiger partial charge in [0.25, 0.3) is 0 Å². The SMILES string of the molecule is CCC1CC(=O)c2ccc(-c3ccc(OC)cc3)nc2C1. The second-order valence-electron chi connectivity index (χ2n) is 5.52. The largest absolute Gasteiger partial charge is 0.497 e. The van der Waals surface area contributed by atoms with Crippen LogP contribution in [0.15, 0.2) is 36.4 Å². The minimum atomic E-state index is 0.233. The van der Waals surface area contributed by atoms with E-state index in [1.807, 2.05) is 36.4 Å². The molecule has 0 saturated heterocycles. The minimum absolute atomic E-state index is 0.233. The van der Waals surface area contributed by atoms with Crippen LogP contribution in [0.3, 0.4) is 0 Å². The lowest BCUT2D eigenvalue weighted by Gasteiger charge is -2.22. The molecule has 0 aliphatic heterocycles. The number of Topliss-reactive ketones (excluding diaryl/α,β-unsaturated/α-hetero) is 1. The summed E-state index contributed by atoms with van der Waals surface area (Å²) in [6.07, 6.45) is 2.59. The Morgan fingerprint density at radius 1 is 1.14 bits per heavy atom. The number of fused-ring (bicyclic) bond motifs is 1. The highest BCUT2D eigenvalue weighted by Crippen LogP contribution is 2.29. The van der Waals surface area contributed by atoms with Gasteiger partial charge in [-0.05, 0) is 48.7 Å². The number of pyridine rings is 1. The summed E-state index contributed by atoms with van der Waals surface area (Å²) in [4.78, 5) is 16.9. The Hall–Kier alpha value is -2.16. The van der Waals surface area contributed by atoms with E-state index >= 15 is 0 Å². The highest BCUT2D eigenvalue weighted by molar-refractivity contribution is 5.98. The minimum Gasteiger partial charge on any atom is -0.497 e. The molecule has 108 valence electrons. The molecule has 3 nitrogen and oxygen atoms in total. The Balaban J connectivity index is 1.96. The fraction of sp³-hybridized carbons (Fsp3) is 0.333. The van der Waals surface area contributed by atoms with Crippen molar-refractivity contribution < 1.29 is 9.53 Å². The standard InChI is InChI=1S/C18H19NO2/c1-3-12-10-17-15(18(20)11-12)8-9-16(19-17)13-4-6-14(21-2)7-5-13/h4-9,12H,3,10-11H2,1-2H3. The Bertz CT molecular complexity index is 661. The molecular weight excluding hydrogens is 262 g/mol. The van der Waals surface area contributed by atoms with Crippen LogP contribution < -0.4 is 4.74 Å². The Kier molecular flexibility index (Phi) is 3.74. The van der Waals surface area contributed by atoms with Crippen LogP contribution in [0, 0.1) is 5.92 Å². The average molecular weight is 281 g/mol. The van der Waals surface area contributed by atoms with E-state index in [9.17, 15) is 4.79 Å². The van der Waals surface area contributed by atoms with E-state index < -0.39 is 0 Å². The maximum absolute atomic E-state index is 12.1. The lowest BCUT2D eigenvalue weighted by Crippen LogP contribution is -2.20. The molecule has 0 radical (unpaired) electrons. The van der Waals surface area contributed by atoms with Gasteiger partial charge in [-0.1, -0.05) is 13.3 Å². The third kappa shape index (κ3) is 2.68. The van der Waals surface area contributed by atoms with E-state index in [-0.39, 0.29) is 5.78 Å². The number of aromatic nitrogens is 1. The number of hydrogen-bond donors (Lipinski definition) is 0. The van der Waals surface area contributed by atoms with Gasteiger partial charge in [0.2, 0.25) is 0 Å². The number of carbonyl (C=O) groups excluding carboxylic acids is 1. The van der Waals surface area contributed by atoms with E-state index in [0.717, 1.165) is 41.1 Å². The molecule has 1 aromatic carbocycles. The monoisotopic (exact) mass is 281 g/mol. The second-order valence-corrected chi connectivity index (χ2v) is 5.52. The molecule has 0 bridgehead atoms. The molecule has 0 spiro atoms. The summed E-state index contributed by atoms with van der Waals surface area (Å²) in [5.74, 6) is 1.50. The second kappa shape index (κ2) is 5.68. The van der Waals surface area contributed by atoms with Crippen molar-refractivity contribution in [3.05, 3.63) is 47.7 Å². The molecule has 21 heavy (non-hydrogen) atoms. The molecule has 1 aliphatic rings. The maximum Gasteiger partial charge on any atom is 0.164 e. The van der Waals surface area contributed by atoms with Crippen LogP contribution in [0.5, 0.6) is 5.75 Å². The molecule has 1 aliphatic carbocycles. The lowest BCUT2D eigenvalue weighted by molar-refractivity contribution is 0.0946. The van der Waals surface area contributed by atoms with Crippen molar-refractivity contribution in [2.45, 2.75) is 26.2 Å². The highest BCUT2D eigenvalue weighted by Gasteiger charge is 2.25. The molecule has 0 amide bonds. The van der Waals surface area contributed by atoms with Crippen LogP contribution >= 0.6 is 0 Å². The molecule has 1 aromatic heterocycles. The summed E-state index contributed by atoms with van der Waals surface area (Å²) in [5.41, 5.74) is 3.72. The van der Waals surface area contributed by atoms with Gasteiger partial charge in [0.05, 0.1) is 18.5 Å². The summed E-state index contributed by atoms with van der Waals surface area (Å²) in [6.45, 7) is 2.14. The molecule has 3 heteroatoms. The fourth-order valence-corrected chi connectivity index (χ4v) is 2.84. The number of rotatable bonds is 3. The van der Waals surface area contributed by atoms with Gasteiger partial charge in [0, 0.05) is 17.5 Å². The first-order valence-corrected chi connectivity index (χ1v) is 7.38.